The molecule has 0 aromatic heterocycles. The fourth-order valence-corrected chi connectivity index (χ4v) is 3.03. The molecule has 0 bridgehead atoms. The summed E-state index contributed by atoms with van der Waals surface area (Å²) in [4.78, 5) is 13.2. The Morgan fingerprint density at radius 1 is 0.909 bits per heavy atom. The van der Waals surface area contributed by atoms with Gasteiger partial charge in [0.2, 0.25) is 0 Å². The normalized spacial score (nSPS) is 9.58. The van der Waals surface area contributed by atoms with Crippen LogP contribution in [0.4, 0.5) is 0 Å². The molecule has 0 aliphatic carbocycles. The number of aromatic hydroxyl groups is 1. The van der Waals surface area contributed by atoms with E-state index in [0.717, 1.165) is 14.7 Å². The maximum absolute atomic E-state index is 9.26. The molecule has 2 aromatic carbocycles. The topological polar surface area (TPSA) is 78.8 Å². The predicted molar refractivity (Wildman–Crippen MR) is 142 cm³/mol. The maximum atomic E-state index is 9.26. The summed E-state index contributed by atoms with van der Waals surface area (Å²) in [5.74, 6) is 1.18. The summed E-state index contributed by atoms with van der Waals surface area (Å²) < 4.78 is 6.94. The van der Waals surface area contributed by atoms with Crippen molar-refractivity contribution in [3.05, 3.63) is 56.5 Å². The summed E-state index contributed by atoms with van der Waals surface area (Å²) in [5.41, 5.74) is 2.85. The molecular weight excluding hydrogens is 721 g/mol. The number of alkyl halides is 1. The Balaban J connectivity index is -0.000000125. The van der Waals surface area contributed by atoms with Crippen molar-refractivity contribution in [3.8, 4) is 11.5 Å². The monoisotopic (exact) mass is 752 g/mol. The zero-order chi connectivity index (χ0) is 24.8. The Kier molecular flexibility index (Phi) is 28.9. The molecule has 0 unspecified atom stereocenters. The second-order valence-corrected chi connectivity index (χ2v) is 9.92. The van der Waals surface area contributed by atoms with Gasteiger partial charge in [0.15, 0.2) is 0 Å². The number of carbonyl (C=O) groups is 1. The van der Waals surface area contributed by atoms with Crippen LogP contribution in [0.25, 0.3) is 0 Å². The second kappa shape index (κ2) is 22.4. The van der Waals surface area contributed by atoms with Gasteiger partial charge in [-0.1, -0.05) is 76.3 Å². The molecule has 0 atom stereocenters. The minimum absolute atomic E-state index is 0. The van der Waals surface area contributed by atoms with Gasteiger partial charge < -0.3 is 21.4 Å². The van der Waals surface area contributed by atoms with Crippen molar-refractivity contribution in [2.24, 2.45) is 0 Å². The van der Waals surface area contributed by atoms with Crippen molar-refractivity contribution in [1.29, 1.82) is 0 Å². The molecule has 5 nitrogen and oxygen atoms in total. The smallest absolute Gasteiger partial charge is 1.00 e. The van der Waals surface area contributed by atoms with Crippen LogP contribution in [0.15, 0.2) is 45.3 Å². The van der Waals surface area contributed by atoms with E-state index in [1.807, 2.05) is 23.1 Å². The Bertz CT molecular complexity index is 802. The van der Waals surface area contributed by atoms with Crippen LogP contribution in [0.3, 0.4) is 0 Å². The quantitative estimate of drug-likeness (QED) is 0.123. The Labute approximate surface area is 316 Å². The Morgan fingerprint density at radius 2 is 1.27 bits per heavy atom. The molecule has 0 radical (unpaired) electrons. The number of carbonyl (C=O) groups excluding carboxylic acids is 1. The minimum atomic E-state index is -0.181. The number of halogens is 3. The number of phenolic OH excluding ortho intramolecular Hbond substituents is 1. The predicted octanol–water partition coefficient (Wildman–Crippen LogP) is 0.814. The maximum Gasteiger partial charge on any atom is 1.00 e. The first kappa shape index (κ1) is 42.5. The van der Waals surface area contributed by atoms with E-state index in [-0.39, 0.29) is 121 Å². The molecule has 2 aromatic rings. The van der Waals surface area contributed by atoms with Gasteiger partial charge in [0.05, 0.1) is 16.1 Å². The van der Waals surface area contributed by atoms with Crippen LogP contribution in [-0.2, 0) is 20.5 Å². The number of hydrogen-bond acceptors (Lipinski definition) is 5. The molecule has 0 fully saturated rings. The number of hydrogen-bond donors (Lipinski definition) is 1. The summed E-state index contributed by atoms with van der Waals surface area (Å²) in [6.45, 7) is 12.8. The Morgan fingerprint density at radius 3 is 1.55 bits per heavy atom. The number of phenols is 1. The Hall–Kier alpha value is 2.43. The molecule has 0 aliphatic heterocycles. The van der Waals surface area contributed by atoms with Crippen LogP contribution >= 0.6 is 54.5 Å². The van der Waals surface area contributed by atoms with Crippen LogP contribution in [-0.4, -0.2) is 23.6 Å². The van der Waals surface area contributed by atoms with Crippen molar-refractivity contribution in [3.63, 3.8) is 0 Å². The summed E-state index contributed by atoms with van der Waals surface area (Å²) in [7, 11) is 1.68. The third-order valence-electron chi connectivity index (χ3n) is 3.87. The van der Waals surface area contributed by atoms with E-state index < -0.39 is 0 Å². The van der Waals surface area contributed by atoms with Crippen molar-refractivity contribution < 1.29 is 129 Å². The van der Waals surface area contributed by atoms with Crippen molar-refractivity contribution >= 4 is 60.9 Å². The average Bonchev–Trinajstić information content (AvgIpc) is 2.70. The van der Waals surface area contributed by atoms with Crippen LogP contribution < -0.4 is 113 Å². The molecule has 178 valence electrons. The van der Waals surface area contributed by atoms with Gasteiger partial charge in [-0.2, -0.15) is 0 Å². The SMILES string of the molecule is CC(C)(C)c1ccc(O)c(Br)c1.CI.COc1ccc(C(C)(C)C)cc1Br.O=CO[O-].[H-].[K+].[K+]. The summed E-state index contributed by atoms with van der Waals surface area (Å²) >= 11 is 8.91. The van der Waals surface area contributed by atoms with Crippen LogP contribution in [0.5, 0.6) is 11.5 Å². The average molecular weight is 754 g/mol. The number of ether oxygens (including phenoxy) is 1. The molecule has 33 heavy (non-hydrogen) atoms. The van der Waals surface area contributed by atoms with Crippen LogP contribution in [0.1, 0.15) is 54.1 Å². The third kappa shape index (κ3) is 19.2. The third-order valence-corrected chi connectivity index (χ3v) is 5.13. The number of methoxy groups -OCH3 is 1. The van der Waals surface area contributed by atoms with Gasteiger partial charge in [0.1, 0.15) is 11.5 Å². The van der Waals surface area contributed by atoms with Gasteiger partial charge in [-0.25, -0.2) is 0 Å². The molecule has 0 aliphatic rings. The van der Waals surface area contributed by atoms with Gasteiger partial charge in [-0.3, -0.25) is 4.79 Å². The molecule has 2 rings (SSSR count). The zero-order valence-corrected chi connectivity index (χ0v) is 32.8. The molecule has 1 N–H and O–H groups in total. The van der Waals surface area contributed by atoms with E-state index >= 15 is 0 Å². The first-order chi connectivity index (χ1) is 14.3. The minimum Gasteiger partial charge on any atom is -1.00 e. The molecule has 0 amide bonds. The number of rotatable bonds is 2. The first-order valence-corrected chi connectivity index (χ1v) is 12.9. The zero-order valence-electron chi connectivity index (χ0n) is 22.3. The summed E-state index contributed by atoms with van der Waals surface area (Å²) in [6.07, 6.45) is 0. The second-order valence-electron chi connectivity index (χ2n) is 8.21. The van der Waals surface area contributed by atoms with E-state index in [1.54, 1.807) is 13.2 Å². The molecule has 0 heterocycles. The first-order valence-electron chi connectivity index (χ1n) is 9.21. The van der Waals surface area contributed by atoms with Gasteiger partial charge in [0.25, 0.3) is 6.47 Å². The summed E-state index contributed by atoms with van der Waals surface area (Å²) in [5, 5.41) is 17.7. The fraction of sp³-hybridized carbons (Fsp3) is 0.435. The molecule has 0 saturated heterocycles. The van der Waals surface area contributed by atoms with E-state index in [1.165, 1.54) is 11.1 Å². The molecule has 0 saturated carbocycles. The van der Waals surface area contributed by atoms with Gasteiger partial charge in [-0.05, 0) is 83.0 Å². The van der Waals surface area contributed by atoms with Gasteiger partial charge >= 0.3 is 103 Å². The van der Waals surface area contributed by atoms with Gasteiger partial charge in [-0.15, -0.1) is 0 Å². The standard InChI is InChI=1S/C11H15BrO.C10H13BrO.CH3I.CH2O3.2K.H/c1-11(2,3)8-5-6-10(13-4)9(12)7-8;1-10(2,3)7-4-5-9(12)8(11)6-7;1-2;2-1-4-3;;;/h5-7H,1-4H3;4-6,12H,1-3H3;1H3;1,3H;;;/q;;;;2*+1;-1/p-1. The van der Waals surface area contributed by atoms with Crippen molar-refractivity contribution in [1.82, 2.24) is 0 Å². The van der Waals surface area contributed by atoms with Gasteiger partial charge in [0, 0.05) is 0 Å². The molecule has 0 spiro atoms. The van der Waals surface area contributed by atoms with Crippen LogP contribution in [0.2, 0.25) is 0 Å². The van der Waals surface area contributed by atoms with Crippen molar-refractivity contribution in [2.75, 3.05) is 12.0 Å². The number of benzene rings is 2. The summed E-state index contributed by atoms with van der Waals surface area (Å²) in [6, 6.07) is 11.8. The largest absolute Gasteiger partial charge is 1.00 e. The van der Waals surface area contributed by atoms with E-state index in [0.29, 0.717) is 5.75 Å². The van der Waals surface area contributed by atoms with E-state index in [9.17, 15) is 5.11 Å². The van der Waals surface area contributed by atoms with Crippen LogP contribution in [0, 0.1) is 0 Å². The molecule has 10 heteroatoms. The van der Waals surface area contributed by atoms with Crippen molar-refractivity contribution in [2.45, 2.75) is 52.4 Å². The van der Waals surface area contributed by atoms with E-state index in [2.05, 4.69) is 113 Å². The van der Waals surface area contributed by atoms with E-state index in [4.69, 9.17) is 14.8 Å². The fourth-order valence-electron chi connectivity index (χ4n) is 2.11. The molecular formula is C23H33Br2IK2O5.